The average Bonchev–Trinajstić information content (AvgIpc) is 2.18. The summed E-state index contributed by atoms with van der Waals surface area (Å²) in [5.74, 6) is 0.989. The van der Waals surface area contributed by atoms with Crippen molar-refractivity contribution in [3.8, 4) is 0 Å². The molecule has 76 valence electrons. The first-order chi connectivity index (χ1) is 6.27. The molecule has 0 amide bonds. The summed E-state index contributed by atoms with van der Waals surface area (Å²) >= 11 is 1.71. The Morgan fingerprint density at radius 3 is 3.00 bits per heavy atom. The molecule has 1 aliphatic heterocycles. The van der Waals surface area contributed by atoms with Gasteiger partial charge in [-0.2, -0.15) is 0 Å². The van der Waals surface area contributed by atoms with Crippen LogP contribution in [0.15, 0.2) is 0 Å². The first-order valence-corrected chi connectivity index (χ1v) is 5.83. The number of carbonyl (C=O) groups excluding carboxylic acids is 1. The van der Waals surface area contributed by atoms with E-state index in [1.54, 1.807) is 11.8 Å². The normalized spacial score (nSPS) is 24.3. The van der Waals surface area contributed by atoms with Crippen molar-refractivity contribution >= 4 is 17.7 Å². The fraction of sp³-hybridized carbons (Fsp3) is 0.889. The van der Waals surface area contributed by atoms with Crippen LogP contribution in [0.4, 0.5) is 0 Å². The van der Waals surface area contributed by atoms with Crippen molar-refractivity contribution in [1.29, 1.82) is 0 Å². The molecule has 1 unspecified atom stereocenters. The SMILES string of the molecule is CCOC(=O)C1CN(CC)CCS1. The van der Waals surface area contributed by atoms with Gasteiger partial charge in [0.15, 0.2) is 0 Å². The minimum Gasteiger partial charge on any atom is -0.465 e. The smallest absolute Gasteiger partial charge is 0.320 e. The highest BCUT2D eigenvalue weighted by atomic mass is 32.2. The van der Waals surface area contributed by atoms with E-state index in [1.165, 1.54) is 0 Å². The van der Waals surface area contributed by atoms with E-state index in [0.29, 0.717) is 6.61 Å². The molecule has 0 aromatic carbocycles. The molecule has 0 radical (unpaired) electrons. The highest BCUT2D eigenvalue weighted by Gasteiger charge is 2.26. The number of thioether (sulfide) groups is 1. The van der Waals surface area contributed by atoms with Crippen molar-refractivity contribution in [1.82, 2.24) is 4.90 Å². The lowest BCUT2D eigenvalue weighted by Gasteiger charge is -2.29. The predicted octanol–water partition coefficient (Wildman–Crippen LogP) is 0.987. The molecule has 0 spiro atoms. The molecular weight excluding hydrogens is 186 g/mol. The van der Waals surface area contributed by atoms with E-state index in [4.69, 9.17) is 4.74 Å². The lowest BCUT2D eigenvalue weighted by Crippen LogP contribution is -2.41. The average molecular weight is 203 g/mol. The van der Waals surface area contributed by atoms with Gasteiger partial charge in [0.25, 0.3) is 0 Å². The van der Waals surface area contributed by atoms with Gasteiger partial charge in [-0.3, -0.25) is 4.79 Å². The van der Waals surface area contributed by atoms with Crippen LogP contribution in [0.25, 0.3) is 0 Å². The highest BCUT2D eigenvalue weighted by Crippen LogP contribution is 2.19. The zero-order valence-electron chi connectivity index (χ0n) is 8.28. The summed E-state index contributed by atoms with van der Waals surface area (Å²) in [5, 5.41) is 0.0358. The molecule has 0 aromatic heterocycles. The fourth-order valence-electron chi connectivity index (χ4n) is 1.37. The summed E-state index contributed by atoms with van der Waals surface area (Å²) in [4.78, 5) is 13.7. The minimum atomic E-state index is -0.0503. The zero-order valence-corrected chi connectivity index (χ0v) is 9.10. The van der Waals surface area contributed by atoms with Gasteiger partial charge >= 0.3 is 5.97 Å². The van der Waals surface area contributed by atoms with E-state index in [1.807, 2.05) is 6.92 Å². The van der Waals surface area contributed by atoms with E-state index in [-0.39, 0.29) is 11.2 Å². The number of esters is 1. The third kappa shape index (κ3) is 3.19. The number of ether oxygens (including phenoxy) is 1. The molecule has 1 fully saturated rings. The van der Waals surface area contributed by atoms with Crippen molar-refractivity contribution in [2.24, 2.45) is 0 Å². The van der Waals surface area contributed by atoms with Crippen molar-refractivity contribution in [2.45, 2.75) is 19.1 Å². The number of carbonyl (C=O) groups is 1. The van der Waals surface area contributed by atoms with Crippen molar-refractivity contribution < 1.29 is 9.53 Å². The second-order valence-corrected chi connectivity index (χ2v) is 4.32. The number of rotatable bonds is 3. The van der Waals surface area contributed by atoms with Crippen molar-refractivity contribution in [2.75, 3.05) is 32.0 Å². The summed E-state index contributed by atoms with van der Waals surface area (Å²) in [7, 11) is 0. The highest BCUT2D eigenvalue weighted by molar-refractivity contribution is 8.00. The number of nitrogens with zero attached hydrogens (tertiary/aromatic N) is 1. The van der Waals surface area contributed by atoms with Crippen LogP contribution in [0.1, 0.15) is 13.8 Å². The van der Waals surface area contributed by atoms with Crippen LogP contribution in [-0.4, -0.2) is 48.1 Å². The second kappa shape index (κ2) is 5.50. The Morgan fingerprint density at radius 1 is 1.62 bits per heavy atom. The quantitative estimate of drug-likeness (QED) is 0.640. The van der Waals surface area contributed by atoms with Crippen LogP contribution in [-0.2, 0) is 9.53 Å². The van der Waals surface area contributed by atoms with Crippen LogP contribution in [0, 0.1) is 0 Å². The van der Waals surface area contributed by atoms with Crippen molar-refractivity contribution in [3.63, 3.8) is 0 Å². The molecular formula is C9H17NO2S. The third-order valence-corrected chi connectivity index (χ3v) is 3.31. The maximum absolute atomic E-state index is 11.4. The van der Waals surface area contributed by atoms with Crippen molar-refractivity contribution in [3.05, 3.63) is 0 Å². The molecule has 0 aliphatic carbocycles. The zero-order chi connectivity index (χ0) is 9.68. The Labute approximate surface area is 83.8 Å². The van der Waals surface area contributed by atoms with Gasteiger partial charge in [-0.25, -0.2) is 0 Å². The van der Waals surface area contributed by atoms with Crippen LogP contribution in [0.5, 0.6) is 0 Å². The van der Waals surface area contributed by atoms with Gasteiger partial charge in [0.1, 0.15) is 5.25 Å². The fourth-order valence-corrected chi connectivity index (χ4v) is 2.54. The van der Waals surface area contributed by atoms with Crippen LogP contribution in [0.3, 0.4) is 0 Å². The first-order valence-electron chi connectivity index (χ1n) is 4.78. The van der Waals surface area contributed by atoms with Gasteiger partial charge in [0.05, 0.1) is 6.61 Å². The molecule has 1 saturated heterocycles. The Hall–Kier alpha value is -0.220. The van der Waals surface area contributed by atoms with Gasteiger partial charge in [-0.05, 0) is 13.5 Å². The molecule has 3 nitrogen and oxygen atoms in total. The van der Waals surface area contributed by atoms with E-state index in [0.717, 1.165) is 25.4 Å². The Morgan fingerprint density at radius 2 is 2.38 bits per heavy atom. The molecule has 1 aliphatic rings. The van der Waals surface area contributed by atoms with E-state index in [9.17, 15) is 4.79 Å². The summed E-state index contributed by atoms with van der Waals surface area (Å²) in [6.07, 6.45) is 0. The van der Waals surface area contributed by atoms with Gasteiger partial charge in [-0.15, -0.1) is 11.8 Å². The van der Waals surface area contributed by atoms with E-state index < -0.39 is 0 Å². The lowest BCUT2D eigenvalue weighted by atomic mass is 10.3. The Balaban J connectivity index is 2.37. The van der Waals surface area contributed by atoms with E-state index in [2.05, 4.69) is 11.8 Å². The molecule has 4 heteroatoms. The van der Waals surface area contributed by atoms with Gasteiger partial charge in [0.2, 0.25) is 0 Å². The standard InChI is InChI=1S/C9H17NO2S/c1-3-10-5-6-13-8(7-10)9(11)12-4-2/h8H,3-7H2,1-2H3. The maximum atomic E-state index is 11.4. The van der Waals surface area contributed by atoms with Gasteiger partial charge in [0, 0.05) is 18.8 Å². The molecule has 0 saturated carbocycles. The summed E-state index contributed by atoms with van der Waals surface area (Å²) in [5.41, 5.74) is 0. The first kappa shape index (κ1) is 10.9. The summed E-state index contributed by atoms with van der Waals surface area (Å²) in [6.45, 7) is 7.43. The van der Waals surface area contributed by atoms with Gasteiger partial charge in [-0.1, -0.05) is 6.92 Å². The molecule has 13 heavy (non-hydrogen) atoms. The lowest BCUT2D eigenvalue weighted by molar-refractivity contribution is -0.142. The second-order valence-electron chi connectivity index (χ2n) is 3.00. The topological polar surface area (TPSA) is 29.5 Å². The van der Waals surface area contributed by atoms with Crippen LogP contribution < -0.4 is 0 Å². The number of hydrogen-bond donors (Lipinski definition) is 0. The van der Waals surface area contributed by atoms with Crippen LogP contribution in [0.2, 0.25) is 0 Å². The molecule has 0 aromatic rings. The van der Waals surface area contributed by atoms with E-state index >= 15 is 0 Å². The van der Waals surface area contributed by atoms with Crippen LogP contribution >= 0.6 is 11.8 Å². The Bertz CT molecular complexity index is 175. The summed E-state index contributed by atoms with van der Waals surface area (Å²) < 4.78 is 4.99. The third-order valence-electron chi connectivity index (χ3n) is 2.15. The predicted molar refractivity (Wildman–Crippen MR) is 55.0 cm³/mol. The molecule has 1 rings (SSSR count). The molecule has 1 heterocycles. The molecule has 0 N–H and O–H groups in total. The molecule has 1 atom stereocenters. The number of hydrogen-bond acceptors (Lipinski definition) is 4. The maximum Gasteiger partial charge on any atom is 0.320 e. The molecule has 0 bridgehead atoms. The minimum absolute atomic E-state index is 0.0358. The largest absolute Gasteiger partial charge is 0.465 e. The van der Waals surface area contributed by atoms with Gasteiger partial charge < -0.3 is 9.64 Å². The summed E-state index contributed by atoms with van der Waals surface area (Å²) in [6, 6.07) is 0. The Kier molecular flexibility index (Phi) is 4.59. The monoisotopic (exact) mass is 203 g/mol.